The van der Waals surface area contributed by atoms with Crippen LogP contribution in [0.5, 0.6) is 0 Å². The van der Waals surface area contributed by atoms with Gasteiger partial charge in [-0.25, -0.2) is 9.97 Å². The van der Waals surface area contributed by atoms with Crippen LogP contribution in [0, 0.1) is 6.92 Å². The lowest BCUT2D eigenvalue weighted by molar-refractivity contribution is 0.200. The van der Waals surface area contributed by atoms with Crippen molar-refractivity contribution in [1.29, 1.82) is 0 Å². The maximum Gasteiger partial charge on any atom is 0.130 e. The van der Waals surface area contributed by atoms with E-state index in [1.54, 1.807) is 7.11 Å². The van der Waals surface area contributed by atoms with Gasteiger partial charge in [-0.1, -0.05) is 6.92 Å². The van der Waals surface area contributed by atoms with Crippen LogP contribution >= 0.6 is 0 Å². The highest BCUT2D eigenvalue weighted by molar-refractivity contribution is 5.19. The summed E-state index contributed by atoms with van der Waals surface area (Å²) in [6.45, 7) is 7.87. The van der Waals surface area contributed by atoms with E-state index in [1.165, 1.54) is 5.56 Å². The van der Waals surface area contributed by atoms with Crippen molar-refractivity contribution >= 4 is 0 Å². The van der Waals surface area contributed by atoms with E-state index in [2.05, 4.69) is 29.1 Å². The Labute approximate surface area is 97.5 Å². The quantitative estimate of drug-likeness (QED) is 0.796. The van der Waals surface area contributed by atoms with Gasteiger partial charge in [0, 0.05) is 37.0 Å². The summed E-state index contributed by atoms with van der Waals surface area (Å²) in [6, 6.07) is 0.307. The summed E-state index contributed by atoms with van der Waals surface area (Å²) < 4.78 is 5.01. The molecule has 4 nitrogen and oxygen atoms in total. The predicted octanol–water partition coefficient (Wildman–Crippen LogP) is 1.64. The molecule has 1 rings (SSSR count). The summed E-state index contributed by atoms with van der Waals surface area (Å²) in [7, 11) is 1.69. The van der Waals surface area contributed by atoms with Gasteiger partial charge in [-0.3, -0.25) is 0 Å². The normalized spacial score (nSPS) is 12.8. The van der Waals surface area contributed by atoms with E-state index in [-0.39, 0.29) is 0 Å². The van der Waals surface area contributed by atoms with Gasteiger partial charge in [-0.15, -0.1) is 0 Å². The van der Waals surface area contributed by atoms with E-state index < -0.39 is 0 Å². The minimum atomic E-state index is 0.307. The van der Waals surface area contributed by atoms with Crippen LogP contribution in [0.4, 0.5) is 0 Å². The number of nitrogens with one attached hydrogen (secondary N) is 1. The minimum absolute atomic E-state index is 0.307. The lowest BCUT2D eigenvalue weighted by atomic mass is 10.1. The number of aromatic nitrogens is 2. The molecule has 1 aromatic rings. The van der Waals surface area contributed by atoms with Crippen molar-refractivity contribution in [3.63, 3.8) is 0 Å². The highest BCUT2D eigenvalue weighted by atomic mass is 16.5. The highest BCUT2D eigenvalue weighted by Gasteiger charge is 2.09. The number of hydrogen-bond donors (Lipinski definition) is 1. The summed E-state index contributed by atoms with van der Waals surface area (Å²) in [4.78, 5) is 8.83. The molecule has 0 aliphatic heterocycles. The Kier molecular flexibility index (Phi) is 5.35. The van der Waals surface area contributed by atoms with Crippen molar-refractivity contribution in [3.05, 3.63) is 23.3 Å². The summed E-state index contributed by atoms with van der Waals surface area (Å²) in [5, 5.41) is 3.36. The lowest BCUT2D eigenvalue weighted by Crippen LogP contribution is -2.19. The average Bonchev–Trinajstić information content (AvgIpc) is 2.26. The Bertz CT molecular complexity index is 328. The molecule has 4 heteroatoms. The molecule has 0 amide bonds. The molecular weight excluding hydrogens is 202 g/mol. The zero-order chi connectivity index (χ0) is 12.0. The molecule has 0 bridgehead atoms. The van der Waals surface area contributed by atoms with Gasteiger partial charge < -0.3 is 10.1 Å². The van der Waals surface area contributed by atoms with Crippen molar-refractivity contribution in [2.45, 2.75) is 33.2 Å². The standard InChI is InChI=1S/C12H21N3O/c1-5-13-9(2)11-8-14-12(6-7-16-4)15-10(11)3/h8-9,13H,5-7H2,1-4H3. The van der Waals surface area contributed by atoms with E-state index >= 15 is 0 Å². The maximum absolute atomic E-state index is 5.01. The molecule has 0 aliphatic carbocycles. The van der Waals surface area contributed by atoms with Crippen LogP contribution in [0.15, 0.2) is 6.20 Å². The number of aryl methyl sites for hydroxylation is 1. The predicted molar refractivity (Wildman–Crippen MR) is 64.4 cm³/mol. The van der Waals surface area contributed by atoms with Crippen molar-refractivity contribution in [2.75, 3.05) is 20.3 Å². The minimum Gasteiger partial charge on any atom is -0.384 e. The van der Waals surface area contributed by atoms with Crippen molar-refractivity contribution in [1.82, 2.24) is 15.3 Å². The molecule has 1 N–H and O–H groups in total. The SMILES string of the molecule is CCNC(C)c1cnc(CCOC)nc1C. The van der Waals surface area contributed by atoms with Gasteiger partial charge in [-0.2, -0.15) is 0 Å². The summed E-state index contributed by atoms with van der Waals surface area (Å²) in [5.41, 5.74) is 2.22. The fraction of sp³-hybridized carbons (Fsp3) is 0.667. The zero-order valence-electron chi connectivity index (χ0n) is 10.6. The second-order valence-corrected chi connectivity index (χ2v) is 3.85. The monoisotopic (exact) mass is 223 g/mol. The first kappa shape index (κ1) is 13.1. The van der Waals surface area contributed by atoms with E-state index in [9.17, 15) is 0 Å². The zero-order valence-corrected chi connectivity index (χ0v) is 10.6. The summed E-state index contributed by atoms with van der Waals surface area (Å²) in [6.07, 6.45) is 2.69. The largest absolute Gasteiger partial charge is 0.384 e. The average molecular weight is 223 g/mol. The highest BCUT2D eigenvalue weighted by Crippen LogP contribution is 2.14. The Balaban J connectivity index is 2.74. The molecule has 0 aromatic carbocycles. The Hall–Kier alpha value is -1.00. The molecule has 16 heavy (non-hydrogen) atoms. The number of methoxy groups -OCH3 is 1. The van der Waals surface area contributed by atoms with Crippen molar-refractivity contribution in [2.24, 2.45) is 0 Å². The third-order valence-corrected chi connectivity index (χ3v) is 2.57. The maximum atomic E-state index is 5.01. The summed E-state index contributed by atoms with van der Waals surface area (Å²) >= 11 is 0. The number of nitrogens with zero attached hydrogens (tertiary/aromatic N) is 2. The fourth-order valence-corrected chi connectivity index (χ4v) is 1.68. The van der Waals surface area contributed by atoms with Crippen LogP contribution in [-0.4, -0.2) is 30.2 Å². The van der Waals surface area contributed by atoms with Crippen LogP contribution in [-0.2, 0) is 11.2 Å². The van der Waals surface area contributed by atoms with E-state index in [1.807, 2.05) is 13.1 Å². The van der Waals surface area contributed by atoms with Crippen LogP contribution in [0.2, 0.25) is 0 Å². The first-order valence-corrected chi connectivity index (χ1v) is 5.73. The topological polar surface area (TPSA) is 47.0 Å². The number of rotatable bonds is 6. The third kappa shape index (κ3) is 3.54. The van der Waals surface area contributed by atoms with Crippen molar-refractivity contribution in [3.8, 4) is 0 Å². The van der Waals surface area contributed by atoms with Gasteiger partial charge in [0.05, 0.1) is 6.61 Å². The number of ether oxygens (including phenoxy) is 1. The van der Waals surface area contributed by atoms with Gasteiger partial charge in [-0.05, 0) is 20.4 Å². The van der Waals surface area contributed by atoms with E-state index in [0.717, 1.165) is 24.5 Å². The molecular formula is C12H21N3O. The third-order valence-electron chi connectivity index (χ3n) is 2.57. The van der Waals surface area contributed by atoms with E-state index in [0.29, 0.717) is 12.6 Å². The van der Waals surface area contributed by atoms with Crippen LogP contribution in [0.3, 0.4) is 0 Å². The lowest BCUT2D eigenvalue weighted by Gasteiger charge is -2.14. The molecule has 0 fully saturated rings. The molecule has 1 unspecified atom stereocenters. The molecule has 0 saturated carbocycles. The second-order valence-electron chi connectivity index (χ2n) is 3.85. The van der Waals surface area contributed by atoms with Gasteiger partial charge in [0.2, 0.25) is 0 Å². The molecule has 0 saturated heterocycles. The summed E-state index contributed by atoms with van der Waals surface area (Å²) in [5.74, 6) is 0.854. The Morgan fingerprint density at radius 2 is 2.25 bits per heavy atom. The van der Waals surface area contributed by atoms with Gasteiger partial charge in [0.1, 0.15) is 5.82 Å². The smallest absolute Gasteiger partial charge is 0.130 e. The molecule has 0 aliphatic rings. The molecule has 0 radical (unpaired) electrons. The Morgan fingerprint density at radius 1 is 1.50 bits per heavy atom. The van der Waals surface area contributed by atoms with Crippen LogP contribution in [0.25, 0.3) is 0 Å². The first-order valence-electron chi connectivity index (χ1n) is 5.73. The fourth-order valence-electron chi connectivity index (χ4n) is 1.68. The second kappa shape index (κ2) is 6.55. The first-order chi connectivity index (χ1) is 7.69. The van der Waals surface area contributed by atoms with Gasteiger partial charge >= 0.3 is 0 Å². The molecule has 1 heterocycles. The number of hydrogen-bond acceptors (Lipinski definition) is 4. The van der Waals surface area contributed by atoms with E-state index in [4.69, 9.17) is 4.74 Å². The molecule has 90 valence electrons. The van der Waals surface area contributed by atoms with Gasteiger partial charge in [0.25, 0.3) is 0 Å². The molecule has 0 spiro atoms. The molecule has 1 aromatic heterocycles. The van der Waals surface area contributed by atoms with Crippen molar-refractivity contribution < 1.29 is 4.74 Å². The van der Waals surface area contributed by atoms with Crippen LogP contribution < -0.4 is 5.32 Å². The Morgan fingerprint density at radius 3 is 2.81 bits per heavy atom. The molecule has 1 atom stereocenters. The van der Waals surface area contributed by atoms with Gasteiger partial charge in [0.15, 0.2) is 0 Å². The van der Waals surface area contributed by atoms with Crippen LogP contribution in [0.1, 0.15) is 37.0 Å².